The molecular weight excluding hydrogens is 247 g/mol. The molecule has 0 atom stereocenters. The quantitative estimate of drug-likeness (QED) is 0.906. The monoisotopic (exact) mass is 264 g/mol. The van der Waals surface area contributed by atoms with Crippen molar-refractivity contribution in [2.24, 2.45) is 0 Å². The zero-order valence-corrected chi connectivity index (χ0v) is 11.3. The van der Waals surface area contributed by atoms with E-state index in [1.54, 1.807) is 4.90 Å². The van der Waals surface area contributed by atoms with E-state index in [4.69, 9.17) is 10.4 Å². The fourth-order valence-corrected chi connectivity index (χ4v) is 1.69. The Labute approximate surface area is 112 Å². The number of hydrogen-bond acceptors (Lipinski definition) is 3. The summed E-state index contributed by atoms with van der Waals surface area (Å²) in [4.78, 5) is 12.6. The van der Waals surface area contributed by atoms with Gasteiger partial charge in [-0.25, -0.2) is 4.39 Å². The first-order chi connectivity index (χ1) is 8.74. The van der Waals surface area contributed by atoms with Crippen molar-refractivity contribution < 1.29 is 14.3 Å². The van der Waals surface area contributed by atoms with E-state index in [-0.39, 0.29) is 17.6 Å². The van der Waals surface area contributed by atoms with Gasteiger partial charge >= 0.3 is 5.97 Å². The highest BCUT2D eigenvalue weighted by Gasteiger charge is 2.24. The molecule has 0 fully saturated rings. The Bertz CT molecular complexity index is 515. The first-order valence-electron chi connectivity index (χ1n) is 5.89. The SMILES string of the molecule is CC(C)(C)N(CC(=O)O)Cc1ccc(F)cc1C#N. The molecule has 0 saturated heterocycles. The van der Waals surface area contributed by atoms with Crippen molar-refractivity contribution in [3.8, 4) is 6.07 Å². The molecule has 0 amide bonds. The lowest BCUT2D eigenvalue weighted by Crippen LogP contribution is -2.43. The van der Waals surface area contributed by atoms with Gasteiger partial charge in [-0.15, -0.1) is 0 Å². The molecule has 0 aromatic heterocycles. The minimum Gasteiger partial charge on any atom is -0.480 e. The van der Waals surface area contributed by atoms with Crippen LogP contribution in [0.5, 0.6) is 0 Å². The third kappa shape index (κ3) is 4.34. The predicted molar refractivity (Wildman–Crippen MR) is 68.9 cm³/mol. The zero-order valence-electron chi connectivity index (χ0n) is 11.3. The number of carboxylic acids is 1. The highest BCUT2D eigenvalue weighted by atomic mass is 19.1. The van der Waals surface area contributed by atoms with Crippen LogP contribution in [-0.2, 0) is 11.3 Å². The molecule has 19 heavy (non-hydrogen) atoms. The third-order valence-corrected chi connectivity index (χ3v) is 2.83. The molecule has 4 nitrogen and oxygen atoms in total. The summed E-state index contributed by atoms with van der Waals surface area (Å²) in [7, 11) is 0. The summed E-state index contributed by atoms with van der Waals surface area (Å²) in [5.41, 5.74) is 0.499. The number of aliphatic carboxylic acids is 1. The van der Waals surface area contributed by atoms with Gasteiger partial charge in [0, 0.05) is 12.1 Å². The van der Waals surface area contributed by atoms with Gasteiger partial charge in [0.25, 0.3) is 0 Å². The average Bonchev–Trinajstić information content (AvgIpc) is 2.28. The molecule has 0 unspecified atom stereocenters. The molecule has 1 aromatic carbocycles. The molecular formula is C14H17FN2O2. The first-order valence-corrected chi connectivity index (χ1v) is 5.89. The largest absolute Gasteiger partial charge is 0.480 e. The minimum atomic E-state index is -0.935. The second kappa shape index (κ2) is 5.81. The number of rotatable bonds is 4. The van der Waals surface area contributed by atoms with Crippen molar-refractivity contribution >= 4 is 5.97 Å². The standard InChI is InChI=1S/C14H17FN2O2/c1-14(2,3)17(9-13(18)19)8-10-4-5-12(15)6-11(10)7-16/h4-6H,8-9H2,1-3H3,(H,18,19). The molecule has 0 aliphatic rings. The van der Waals surface area contributed by atoms with Crippen LogP contribution in [0.15, 0.2) is 18.2 Å². The summed E-state index contributed by atoms with van der Waals surface area (Å²) >= 11 is 0. The molecule has 1 rings (SSSR count). The number of halogens is 1. The highest BCUT2D eigenvalue weighted by molar-refractivity contribution is 5.69. The summed E-state index contributed by atoms with van der Waals surface area (Å²) < 4.78 is 13.1. The fourth-order valence-electron chi connectivity index (χ4n) is 1.69. The number of benzene rings is 1. The van der Waals surface area contributed by atoms with E-state index in [2.05, 4.69) is 0 Å². The van der Waals surface area contributed by atoms with Crippen molar-refractivity contribution in [3.05, 3.63) is 35.1 Å². The molecule has 1 N–H and O–H groups in total. The maximum atomic E-state index is 13.1. The molecule has 0 radical (unpaired) electrons. The number of hydrogen-bond donors (Lipinski definition) is 1. The molecule has 102 valence electrons. The molecule has 0 heterocycles. The van der Waals surface area contributed by atoms with Crippen LogP contribution in [0.2, 0.25) is 0 Å². The van der Waals surface area contributed by atoms with Gasteiger partial charge in [0.15, 0.2) is 0 Å². The minimum absolute atomic E-state index is 0.133. The van der Waals surface area contributed by atoms with Gasteiger partial charge in [-0.05, 0) is 38.5 Å². The number of carboxylic acid groups (broad SMARTS) is 1. The van der Waals surface area contributed by atoms with Crippen molar-refractivity contribution in [1.29, 1.82) is 5.26 Å². The van der Waals surface area contributed by atoms with Crippen molar-refractivity contribution in [2.75, 3.05) is 6.54 Å². The van der Waals surface area contributed by atoms with Gasteiger partial charge in [0.2, 0.25) is 0 Å². The second-order valence-electron chi connectivity index (χ2n) is 5.33. The van der Waals surface area contributed by atoms with Gasteiger partial charge in [-0.1, -0.05) is 6.07 Å². The second-order valence-corrected chi connectivity index (χ2v) is 5.33. The van der Waals surface area contributed by atoms with Crippen LogP contribution in [0.1, 0.15) is 31.9 Å². The average molecular weight is 264 g/mol. The normalized spacial score (nSPS) is 11.4. The Kier molecular flexibility index (Phi) is 4.62. The summed E-state index contributed by atoms with van der Waals surface area (Å²) in [6, 6.07) is 5.89. The van der Waals surface area contributed by atoms with Gasteiger partial charge in [0.05, 0.1) is 18.2 Å². The molecule has 1 aromatic rings. The van der Waals surface area contributed by atoms with Gasteiger partial charge in [-0.3, -0.25) is 9.69 Å². The van der Waals surface area contributed by atoms with E-state index in [0.717, 1.165) is 6.07 Å². The number of carbonyl (C=O) groups is 1. The number of nitriles is 1. The Morgan fingerprint density at radius 3 is 2.58 bits per heavy atom. The Morgan fingerprint density at radius 1 is 1.47 bits per heavy atom. The summed E-state index contributed by atoms with van der Waals surface area (Å²) in [5.74, 6) is -1.41. The van der Waals surface area contributed by atoms with Gasteiger partial charge in [0.1, 0.15) is 5.82 Å². The van der Waals surface area contributed by atoms with Gasteiger partial charge in [-0.2, -0.15) is 5.26 Å². The zero-order chi connectivity index (χ0) is 14.6. The fraction of sp³-hybridized carbons (Fsp3) is 0.429. The highest BCUT2D eigenvalue weighted by Crippen LogP contribution is 2.19. The molecule has 0 bridgehead atoms. The maximum absolute atomic E-state index is 13.1. The van der Waals surface area contributed by atoms with E-state index in [0.29, 0.717) is 12.1 Å². The third-order valence-electron chi connectivity index (χ3n) is 2.83. The Morgan fingerprint density at radius 2 is 2.11 bits per heavy atom. The van der Waals surface area contributed by atoms with E-state index in [1.165, 1.54) is 12.1 Å². The predicted octanol–water partition coefficient (Wildman–Crippen LogP) is 2.38. The molecule has 0 saturated carbocycles. The van der Waals surface area contributed by atoms with Crippen LogP contribution in [0, 0.1) is 17.1 Å². The van der Waals surface area contributed by atoms with Crippen LogP contribution >= 0.6 is 0 Å². The van der Waals surface area contributed by atoms with E-state index in [9.17, 15) is 9.18 Å². The van der Waals surface area contributed by atoms with Crippen LogP contribution < -0.4 is 0 Å². The Hall–Kier alpha value is -1.93. The van der Waals surface area contributed by atoms with E-state index >= 15 is 0 Å². The summed E-state index contributed by atoms with van der Waals surface area (Å²) in [5, 5.41) is 17.9. The van der Waals surface area contributed by atoms with E-state index < -0.39 is 11.8 Å². The number of nitrogens with zero attached hydrogens (tertiary/aromatic N) is 2. The Balaban J connectivity index is 3.03. The lowest BCUT2D eigenvalue weighted by Gasteiger charge is -2.34. The van der Waals surface area contributed by atoms with Crippen molar-refractivity contribution in [2.45, 2.75) is 32.9 Å². The first kappa shape index (κ1) is 15.1. The van der Waals surface area contributed by atoms with Gasteiger partial charge < -0.3 is 5.11 Å². The van der Waals surface area contributed by atoms with Crippen LogP contribution in [0.3, 0.4) is 0 Å². The molecule has 0 aliphatic carbocycles. The topological polar surface area (TPSA) is 64.3 Å². The van der Waals surface area contributed by atoms with Crippen LogP contribution in [0.4, 0.5) is 4.39 Å². The molecule has 5 heteroatoms. The smallest absolute Gasteiger partial charge is 0.317 e. The van der Waals surface area contributed by atoms with Crippen molar-refractivity contribution in [3.63, 3.8) is 0 Å². The van der Waals surface area contributed by atoms with E-state index in [1.807, 2.05) is 26.8 Å². The summed E-state index contributed by atoms with van der Waals surface area (Å²) in [6.45, 7) is 5.84. The van der Waals surface area contributed by atoms with Crippen LogP contribution in [0.25, 0.3) is 0 Å². The maximum Gasteiger partial charge on any atom is 0.317 e. The summed E-state index contributed by atoms with van der Waals surface area (Å²) in [6.07, 6.45) is 0. The lowest BCUT2D eigenvalue weighted by atomic mass is 10.0. The molecule has 0 aliphatic heterocycles. The lowest BCUT2D eigenvalue weighted by molar-refractivity contribution is -0.139. The molecule has 0 spiro atoms. The van der Waals surface area contributed by atoms with Crippen molar-refractivity contribution in [1.82, 2.24) is 4.90 Å². The van der Waals surface area contributed by atoms with Crippen LogP contribution in [-0.4, -0.2) is 28.1 Å².